The molecule has 126 valence electrons. The number of aryl methyl sites for hydroxylation is 3. The van der Waals surface area contributed by atoms with Gasteiger partial charge in [0.2, 0.25) is 5.89 Å². The van der Waals surface area contributed by atoms with Crippen molar-refractivity contribution in [3.63, 3.8) is 0 Å². The van der Waals surface area contributed by atoms with Gasteiger partial charge in [-0.2, -0.15) is 14.6 Å². The maximum Gasteiger partial charge on any atom is 0.248 e. The van der Waals surface area contributed by atoms with Gasteiger partial charge in [-0.15, -0.1) is 0 Å². The van der Waals surface area contributed by atoms with Crippen LogP contribution in [0.5, 0.6) is 0 Å². The number of nitrogens with zero attached hydrogens (tertiary/aromatic N) is 5. The highest BCUT2D eigenvalue weighted by atomic mass is 16.5. The van der Waals surface area contributed by atoms with E-state index >= 15 is 0 Å². The summed E-state index contributed by atoms with van der Waals surface area (Å²) in [6, 6.07) is 1.94. The molecule has 0 radical (unpaired) electrons. The number of rotatable bonds is 5. The lowest BCUT2D eigenvalue weighted by Crippen LogP contribution is -2.12. The summed E-state index contributed by atoms with van der Waals surface area (Å²) in [4.78, 5) is 9.23. The molecule has 0 bridgehead atoms. The van der Waals surface area contributed by atoms with Crippen LogP contribution in [0.4, 0.5) is 5.82 Å². The van der Waals surface area contributed by atoms with Crippen molar-refractivity contribution in [2.75, 3.05) is 5.32 Å². The van der Waals surface area contributed by atoms with Gasteiger partial charge in [-0.25, -0.2) is 4.98 Å². The summed E-state index contributed by atoms with van der Waals surface area (Å²) in [6.45, 7) is 8.18. The minimum atomic E-state index is -0.0925. The van der Waals surface area contributed by atoms with Crippen LogP contribution in [0.1, 0.15) is 67.3 Å². The molecule has 0 aliphatic heterocycles. The molecule has 7 nitrogen and oxygen atoms in total. The van der Waals surface area contributed by atoms with Crippen molar-refractivity contribution in [1.29, 1.82) is 0 Å². The number of nitrogens with one attached hydrogen (secondary N) is 1. The van der Waals surface area contributed by atoms with E-state index in [4.69, 9.17) is 9.51 Å². The molecule has 0 unspecified atom stereocenters. The van der Waals surface area contributed by atoms with Gasteiger partial charge in [0.05, 0.1) is 5.69 Å². The average molecular weight is 326 g/mol. The Hall–Kier alpha value is -2.44. The Kier molecular flexibility index (Phi) is 3.51. The lowest BCUT2D eigenvalue weighted by atomic mass is 10.2. The Bertz CT molecular complexity index is 892. The van der Waals surface area contributed by atoms with Gasteiger partial charge >= 0.3 is 0 Å². The Balaban J connectivity index is 1.68. The number of hydrogen-bond acceptors (Lipinski definition) is 6. The molecule has 0 amide bonds. The summed E-state index contributed by atoms with van der Waals surface area (Å²) in [5, 5.41) is 12.2. The fourth-order valence-electron chi connectivity index (χ4n) is 2.78. The summed E-state index contributed by atoms with van der Waals surface area (Å²) >= 11 is 0. The van der Waals surface area contributed by atoms with Crippen LogP contribution in [-0.4, -0.2) is 24.7 Å². The van der Waals surface area contributed by atoms with Crippen molar-refractivity contribution in [2.24, 2.45) is 0 Å². The van der Waals surface area contributed by atoms with E-state index in [0.29, 0.717) is 11.8 Å². The van der Waals surface area contributed by atoms with Crippen LogP contribution in [0.2, 0.25) is 0 Å². The zero-order chi connectivity index (χ0) is 16.8. The van der Waals surface area contributed by atoms with Gasteiger partial charge in [0.25, 0.3) is 0 Å². The normalized spacial score (nSPS) is 15.8. The van der Waals surface area contributed by atoms with Gasteiger partial charge in [0.1, 0.15) is 11.9 Å². The molecule has 7 heteroatoms. The van der Waals surface area contributed by atoms with Crippen LogP contribution in [0.3, 0.4) is 0 Å². The van der Waals surface area contributed by atoms with Gasteiger partial charge in [-0.05, 0) is 40.0 Å². The summed E-state index contributed by atoms with van der Waals surface area (Å²) in [7, 11) is 0. The number of hydrogen-bond donors (Lipinski definition) is 1. The van der Waals surface area contributed by atoms with Crippen molar-refractivity contribution in [3.8, 4) is 0 Å². The van der Waals surface area contributed by atoms with Crippen molar-refractivity contribution in [1.82, 2.24) is 24.7 Å². The third kappa shape index (κ3) is 2.53. The van der Waals surface area contributed by atoms with Gasteiger partial charge < -0.3 is 9.84 Å². The summed E-state index contributed by atoms with van der Waals surface area (Å²) in [6.07, 6.45) is 3.20. The fraction of sp³-hybridized carbons (Fsp3) is 0.529. The molecule has 0 spiro atoms. The Morgan fingerprint density at radius 1 is 1.33 bits per heavy atom. The summed E-state index contributed by atoms with van der Waals surface area (Å²) in [5.74, 6) is 2.83. The second kappa shape index (κ2) is 5.58. The molecule has 0 saturated heterocycles. The zero-order valence-corrected chi connectivity index (χ0v) is 14.5. The lowest BCUT2D eigenvalue weighted by Gasteiger charge is -2.13. The van der Waals surface area contributed by atoms with Crippen LogP contribution in [0, 0.1) is 13.8 Å². The maximum absolute atomic E-state index is 5.43. The monoisotopic (exact) mass is 326 g/mol. The van der Waals surface area contributed by atoms with Crippen LogP contribution in [0.25, 0.3) is 5.65 Å². The van der Waals surface area contributed by atoms with Gasteiger partial charge in [0, 0.05) is 23.2 Å². The highest BCUT2D eigenvalue weighted by Gasteiger charge is 2.29. The predicted molar refractivity (Wildman–Crippen MR) is 90.1 cm³/mol. The SMILES string of the molecule is CCc1cc(N[C@@H](C)c2nc(C3CC3)no2)n2nc(C)c(C)c2n1. The minimum absolute atomic E-state index is 0.0925. The number of aromatic nitrogens is 5. The van der Waals surface area contributed by atoms with E-state index in [9.17, 15) is 0 Å². The Morgan fingerprint density at radius 2 is 2.12 bits per heavy atom. The average Bonchev–Trinajstić information content (AvgIpc) is 3.24. The third-order valence-electron chi connectivity index (χ3n) is 4.61. The number of fused-ring (bicyclic) bond motifs is 1. The zero-order valence-electron chi connectivity index (χ0n) is 14.5. The molecule has 1 saturated carbocycles. The highest BCUT2D eigenvalue weighted by molar-refractivity contribution is 5.56. The first-order valence-electron chi connectivity index (χ1n) is 8.52. The van der Waals surface area contributed by atoms with Gasteiger partial charge in [-0.3, -0.25) is 0 Å². The summed E-state index contributed by atoms with van der Waals surface area (Å²) < 4.78 is 7.29. The molecule has 3 heterocycles. The third-order valence-corrected chi connectivity index (χ3v) is 4.61. The Labute approximate surface area is 140 Å². The van der Waals surface area contributed by atoms with E-state index in [1.54, 1.807) is 0 Å². The summed E-state index contributed by atoms with van der Waals surface area (Å²) in [5.41, 5.74) is 4.02. The minimum Gasteiger partial charge on any atom is -0.358 e. The van der Waals surface area contributed by atoms with Crippen LogP contribution >= 0.6 is 0 Å². The molecular weight excluding hydrogens is 304 g/mol. The maximum atomic E-state index is 5.43. The molecule has 4 rings (SSSR count). The number of anilines is 1. The molecule has 24 heavy (non-hydrogen) atoms. The first-order valence-corrected chi connectivity index (χ1v) is 8.52. The molecular formula is C17H22N6O. The molecule has 1 atom stereocenters. The fourth-order valence-corrected chi connectivity index (χ4v) is 2.78. The molecule has 3 aromatic heterocycles. The first kappa shape index (κ1) is 15.1. The van der Waals surface area contributed by atoms with E-state index in [2.05, 4.69) is 34.4 Å². The topological polar surface area (TPSA) is 81.1 Å². The van der Waals surface area contributed by atoms with Crippen molar-refractivity contribution in [2.45, 2.75) is 58.9 Å². The molecule has 1 N–H and O–H groups in total. The van der Waals surface area contributed by atoms with Crippen molar-refractivity contribution < 1.29 is 4.52 Å². The standard InChI is InChI=1S/C17H22N6O/c1-5-13-8-14(23-16(19-13)9(2)10(3)21-23)18-11(4)17-20-15(22-24-17)12-6-7-12/h8,11-12,18H,5-7H2,1-4H3/t11-/m0/s1. The van der Waals surface area contributed by atoms with E-state index in [-0.39, 0.29) is 6.04 Å². The van der Waals surface area contributed by atoms with Gasteiger partial charge in [-0.1, -0.05) is 12.1 Å². The van der Waals surface area contributed by atoms with Crippen LogP contribution in [-0.2, 0) is 6.42 Å². The molecule has 3 aromatic rings. The first-order chi connectivity index (χ1) is 11.6. The van der Waals surface area contributed by atoms with Crippen molar-refractivity contribution in [3.05, 3.63) is 34.7 Å². The molecule has 1 aliphatic carbocycles. The van der Waals surface area contributed by atoms with Crippen molar-refractivity contribution >= 4 is 11.5 Å². The van der Waals surface area contributed by atoms with Crippen LogP contribution in [0.15, 0.2) is 10.6 Å². The Morgan fingerprint density at radius 3 is 2.83 bits per heavy atom. The molecule has 1 aliphatic rings. The smallest absolute Gasteiger partial charge is 0.248 e. The highest BCUT2D eigenvalue weighted by Crippen LogP contribution is 2.38. The van der Waals surface area contributed by atoms with Crippen LogP contribution < -0.4 is 5.32 Å². The predicted octanol–water partition coefficient (Wildman–Crippen LogP) is 3.34. The second-order valence-corrected chi connectivity index (χ2v) is 6.56. The lowest BCUT2D eigenvalue weighted by molar-refractivity contribution is 0.362. The molecule has 1 fully saturated rings. The quantitative estimate of drug-likeness (QED) is 0.774. The molecule has 0 aromatic carbocycles. The van der Waals surface area contributed by atoms with Gasteiger partial charge in [0.15, 0.2) is 11.5 Å². The van der Waals surface area contributed by atoms with E-state index in [0.717, 1.165) is 53.5 Å². The van der Waals surface area contributed by atoms with E-state index in [1.807, 2.05) is 24.4 Å². The second-order valence-electron chi connectivity index (χ2n) is 6.56. The largest absolute Gasteiger partial charge is 0.358 e. The van der Waals surface area contributed by atoms with E-state index in [1.165, 1.54) is 0 Å². The van der Waals surface area contributed by atoms with E-state index < -0.39 is 0 Å².